The summed E-state index contributed by atoms with van der Waals surface area (Å²) in [7, 11) is -2.01. The van der Waals surface area contributed by atoms with Gasteiger partial charge in [0.25, 0.3) is 0 Å². The molecular formula is C14H18N2O2S2. The van der Waals surface area contributed by atoms with Gasteiger partial charge in [0.2, 0.25) is 10.0 Å². The normalized spacial score (nSPS) is 13.2. The number of sulfonamides is 1. The molecule has 108 valence electrons. The van der Waals surface area contributed by atoms with Crippen LogP contribution >= 0.6 is 11.3 Å². The summed E-state index contributed by atoms with van der Waals surface area (Å²) >= 11 is 1.67. The average Bonchev–Trinajstić information content (AvgIpc) is 2.95. The van der Waals surface area contributed by atoms with Crippen molar-refractivity contribution in [3.63, 3.8) is 0 Å². The van der Waals surface area contributed by atoms with Crippen LogP contribution in [0.15, 0.2) is 40.6 Å². The Balaban J connectivity index is 2.28. The van der Waals surface area contributed by atoms with E-state index in [-0.39, 0.29) is 6.04 Å². The van der Waals surface area contributed by atoms with Crippen LogP contribution in [0.5, 0.6) is 0 Å². The predicted octanol–water partition coefficient (Wildman–Crippen LogP) is 3.14. The monoisotopic (exact) mass is 310 g/mol. The molecule has 0 aliphatic heterocycles. The van der Waals surface area contributed by atoms with Gasteiger partial charge in [0.05, 0.1) is 10.9 Å². The van der Waals surface area contributed by atoms with Gasteiger partial charge in [-0.3, -0.25) is 0 Å². The third-order valence-corrected chi connectivity index (χ3v) is 5.71. The number of hydrogen-bond acceptors (Lipinski definition) is 4. The minimum absolute atomic E-state index is 0.142. The summed E-state index contributed by atoms with van der Waals surface area (Å²) in [6.45, 7) is 3.84. The molecule has 0 saturated heterocycles. The van der Waals surface area contributed by atoms with Gasteiger partial charge in [-0.15, -0.1) is 11.3 Å². The van der Waals surface area contributed by atoms with Gasteiger partial charge in [0, 0.05) is 10.6 Å². The molecule has 0 aliphatic rings. The van der Waals surface area contributed by atoms with E-state index >= 15 is 0 Å². The first-order chi connectivity index (χ1) is 9.44. The average molecular weight is 310 g/mol. The molecule has 0 spiro atoms. The van der Waals surface area contributed by atoms with E-state index in [2.05, 4.69) is 23.0 Å². The highest BCUT2D eigenvalue weighted by atomic mass is 32.2. The van der Waals surface area contributed by atoms with Crippen molar-refractivity contribution in [3.05, 3.63) is 46.2 Å². The van der Waals surface area contributed by atoms with E-state index in [1.807, 2.05) is 23.6 Å². The van der Waals surface area contributed by atoms with Gasteiger partial charge in [-0.25, -0.2) is 13.1 Å². The van der Waals surface area contributed by atoms with Gasteiger partial charge in [-0.1, -0.05) is 12.1 Å². The molecule has 1 heterocycles. The second kappa shape index (κ2) is 5.95. The van der Waals surface area contributed by atoms with Gasteiger partial charge >= 0.3 is 0 Å². The van der Waals surface area contributed by atoms with E-state index in [4.69, 9.17) is 0 Å². The zero-order chi connectivity index (χ0) is 14.8. The Morgan fingerprint density at radius 2 is 2.00 bits per heavy atom. The standard InChI is InChI=1S/C14H18N2O2S2/c1-10-6-7-12(9-14(10)20(17,18)15-3)16-11(2)13-5-4-8-19-13/h4-9,11,15-16H,1-3H3. The lowest BCUT2D eigenvalue weighted by Gasteiger charge is -2.15. The number of benzene rings is 1. The van der Waals surface area contributed by atoms with Crippen molar-refractivity contribution in [3.8, 4) is 0 Å². The molecule has 0 amide bonds. The van der Waals surface area contributed by atoms with Gasteiger partial charge in [0.1, 0.15) is 0 Å². The number of aryl methyl sites for hydroxylation is 1. The van der Waals surface area contributed by atoms with Crippen LogP contribution in [0.2, 0.25) is 0 Å². The van der Waals surface area contributed by atoms with E-state index in [0.29, 0.717) is 4.90 Å². The molecule has 0 radical (unpaired) electrons. The zero-order valence-corrected chi connectivity index (χ0v) is 13.3. The Morgan fingerprint density at radius 3 is 2.60 bits per heavy atom. The van der Waals surface area contributed by atoms with Crippen molar-refractivity contribution in [2.24, 2.45) is 0 Å². The lowest BCUT2D eigenvalue weighted by molar-refractivity contribution is 0.587. The molecule has 1 atom stereocenters. The fourth-order valence-corrected chi connectivity index (χ4v) is 3.68. The largest absolute Gasteiger partial charge is 0.378 e. The van der Waals surface area contributed by atoms with E-state index in [1.165, 1.54) is 11.9 Å². The fraction of sp³-hybridized carbons (Fsp3) is 0.286. The minimum atomic E-state index is -3.43. The number of hydrogen-bond donors (Lipinski definition) is 2. The first kappa shape index (κ1) is 15.0. The van der Waals surface area contributed by atoms with Crippen molar-refractivity contribution >= 4 is 27.0 Å². The molecule has 2 aromatic rings. The van der Waals surface area contributed by atoms with Crippen LogP contribution in [-0.2, 0) is 10.0 Å². The van der Waals surface area contributed by atoms with Crippen LogP contribution in [-0.4, -0.2) is 15.5 Å². The first-order valence-electron chi connectivity index (χ1n) is 6.28. The second-order valence-electron chi connectivity index (χ2n) is 4.57. The first-order valence-corrected chi connectivity index (χ1v) is 8.64. The van der Waals surface area contributed by atoms with Crippen molar-refractivity contribution in [1.29, 1.82) is 0 Å². The summed E-state index contributed by atoms with van der Waals surface area (Å²) in [5.74, 6) is 0. The molecule has 1 unspecified atom stereocenters. The molecular weight excluding hydrogens is 292 g/mol. The molecule has 0 bridgehead atoms. The second-order valence-corrected chi connectivity index (χ2v) is 7.40. The summed E-state index contributed by atoms with van der Waals surface area (Å²) in [4.78, 5) is 1.52. The molecule has 0 fully saturated rings. The quantitative estimate of drug-likeness (QED) is 0.892. The van der Waals surface area contributed by atoms with Crippen molar-refractivity contribution in [2.45, 2.75) is 24.8 Å². The van der Waals surface area contributed by atoms with Crippen LogP contribution in [0, 0.1) is 6.92 Å². The molecule has 0 saturated carbocycles. The van der Waals surface area contributed by atoms with Gasteiger partial charge in [-0.05, 0) is 50.0 Å². The lowest BCUT2D eigenvalue weighted by atomic mass is 10.2. The highest BCUT2D eigenvalue weighted by Crippen LogP contribution is 2.25. The molecule has 4 nitrogen and oxygen atoms in total. The molecule has 2 N–H and O–H groups in total. The molecule has 0 aliphatic carbocycles. The van der Waals surface area contributed by atoms with E-state index in [1.54, 1.807) is 24.3 Å². The zero-order valence-electron chi connectivity index (χ0n) is 11.7. The summed E-state index contributed by atoms with van der Waals surface area (Å²) in [6.07, 6.45) is 0. The van der Waals surface area contributed by atoms with Gasteiger partial charge in [-0.2, -0.15) is 0 Å². The third-order valence-electron chi connectivity index (χ3n) is 3.10. The summed E-state index contributed by atoms with van der Waals surface area (Å²) in [5.41, 5.74) is 1.53. The third kappa shape index (κ3) is 3.20. The Labute approximate surface area is 123 Å². The summed E-state index contributed by atoms with van der Waals surface area (Å²) < 4.78 is 26.3. The Bertz CT molecular complexity index is 679. The Kier molecular flexibility index (Phi) is 4.47. The van der Waals surface area contributed by atoms with Crippen LogP contribution in [0.4, 0.5) is 5.69 Å². The molecule has 6 heteroatoms. The predicted molar refractivity (Wildman–Crippen MR) is 83.8 cm³/mol. The van der Waals surface area contributed by atoms with Crippen molar-refractivity contribution < 1.29 is 8.42 Å². The number of anilines is 1. The highest BCUT2D eigenvalue weighted by Gasteiger charge is 2.16. The number of thiophene rings is 1. The maximum Gasteiger partial charge on any atom is 0.240 e. The van der Waals surface area contributed by atoms with E-state index in [0.717, 1.165) is 11.3 Å². The Hall–Kier alpha value is -1.37. The Morgan fingerprint density at radius 1 is 1.25 bits per heavy atom. The van der Waals surface area contributed by atoms with Crippen molar-refractivity contribution in [2.75, 3.05) is 12.4 Å². The maximum atomic E-state index is 12.0. The van der Waals surface area contributed by atoms with E-state index < -0.39 is 10.0 Å². The fourth-order valence-electron chi connectivity index (χ4n) is 1.95. The molecule has 2 rings (SSSR count). The van der Waals surface area contributed by atoms with E-state index in [9.17, 15) is 8.42 Å². The number of nitrogens with one attached hydrogen (secondary N) is 2. The molecule has 1 aromatic carbocycles. The van der Waals surface area contributed by atoms with Crippen LogP contribution in [0.1, 0.15) is 23.4 Å². The minimum Gasteiger partial charge on any atom is -0.378 e. The van der Waals surface area contributed by atoms with Crippen molar-refractivity contribution in [1.82, 2.24) is 4.72 Å². The van der Waals surface area contributed by atoms with Crippen LogP contribution in [0.25, 0.3) is 0 Å². The van der Waals surface area contributed by atoms with Gasteiger partial charge in [0.15, 0.2) is 0 Å². The molecule has 1 aromatic heterocycles. The topological polar surface area (TPSA) is 58.2 Å². The summed E-state index contributed by atoms with van der Waals surface area (Å²) in [5, 5.41) is 5.35. The molecule has 20 heavy (non-hydrogen) atoms. The van der Waals surface area contributed by atoms with Crippen LogP contribution < -0.4 is 10.0 Å². The van der Waals surface area contributed by atoms with Crippen LogP contribution in [0.3, 0.4) is 0 Å². The SMILES string of the molecule is CNS(=O)(=O)c1cc(NC(C)c2cccs2)ccc1C. The highest BCUT2D eigenvalue weighted by molar-refractivity contribution is 7.89. The maximum absolute atomic E-state index is 12.0. The number of rotatable bonds is 5. The van der Waals surface area contributed by atoms with Gasteiger partial charge < -0.3 is 5.32 Å². The summed E-state index contributed by atoms with van der Waals surface area (Å²) in [6, 6.07) is 9.59. The lowest BCUT2D eigenvalue weighted by Crippen LogP contribution is -2.20. The smallest absolute Gasteiger partial charge is 0.240 e.